The Bertz CT molecular complexity index is 628. The van der Waals surface area contributed by atoms with E-state index in [2.05, 4.69) is 36.2 Å². The molecule has 1 aromatic heterocycles. The van der Waals surface area contributed by atoms with Gasteiger partial charge in [-0.3, -0.25) is 0 Å². The number of thiazole rings is 1. The molecule has 0 radical (unpaired) electrons. The van der Waals surface area contributed by atoms with Gasteiger partial charge in [-0.1, -0.05) is 28.1 Å². The summed E-state index contributed by atoms with van der Waals surface area (Å²) < 4.78 is 5.68. The Hall–Kier alpha value is -1.73. The van der Waals surface area contributed by atoms with Crippen LogP contribution in [-0.4, -0.2) is 23.9 Å². The van der Waals surface area contributed by atoms with Crippen LogP contribution in [0.3, 0.4) is 0 Å². The first-order valence-electron chi connectivity index (χ1n) is 5.86. The number of ether oxygens (including phenoxy) is 1. The Labute approximate surface area is 128 Å². The zero-order chi connectivity index (χ0) is 14.4. The van der Waals surface area contributed by atoms with Gasteiger partial charge in [0.2, 0.25) is 0 Å². The summed E-state index contributed by atoms with van der Waals surface area (Å²) in [5.41, 5.74) is 3.97. The highest BCUT2D eigenvalue weighted by Crippen LogP contribution is 2.25. The molecule has 1 heterocycles. The van der Waals surface area contributed by atoms with Crippen molar-refractivity contribution >= 4 is 39.6 Å². The number of carbonyl (C=O) groups is 1. The molecule has 1 aromatic carbocycles. The minimum Gasteiger partial charge on any atom is -0.449 e. The largest absolute Gasteiger partial charge is 0.449 e. The van der Waals surface area contributed by atoms with E-state index in [0.717, 1.165) is 15.0 Å². The van der Waals surface area contributed by atoms with Crippen LogP contribution in [0.1, 0.15) is 12.6 Å². The van der Waals surface area contributed by atoms with Gasteiger partial charge in [0.1, 0.15) is 5.01 Å². The van der Waals surface area contributed by atoms with Gasteiger partial charge >= 0.3 is 6.09 Å². The third kappa shape index (κ3) is 4.14. The lowest BCUT2D eigenvalue weighted by atomic mass is 10.2. The normalized spacial score (nSPS) is 10.7. The van der Waals surface area contributed by atoms with Gasteiger partial charge in [0.25, 0.3) is 0 Å². The molecule has 0 aliphatic rings. The average Bonchev–Trinajstić information content (AvgIpc) is 2.88. The van der Waals surface area contributed by atoms with E-state index in [1.165, 1.54) is 17.6 Å². The lowest BCUT2D eigenvalue weighted by Gasteiger charge is -1.97. The number of carbonyl (C=O) groups excluding carboxylic acids is 1. The van der Waals surface area contributed by atoms with Crippen LogP contribution in [0.25, 0.3) is 10.6 Å². The van der Waals surface area contributed by atoms with Crippen molar-refractivity contribution in [3.05, 3.63) is 39.8 Å². The van der Waals surface area contributed by atoms with Crippen molar-refractivity contribution in [1.82, 2.24) is 10.4 Å². The molecule has 0 saturated heterocycles. The second kappa shape index (κ2) is 7.16. The van der Waals surface area contributed by atoms with E-state index >= 15 is 0 Å². The van der Waals surface area contributed by atoms with Crippen LogP contribution in [0.5, 0.6) is 0 Å². The summed E-state index contributed by atoms with van der Waals surface area (Å²) in [6, 6.07) is 7.90. The number of nitrogens with zero attached hydrogens (tertiary/aromatic N) is 2. The number of amides is 1. The number of aromatic nitrogens is 1. The third-order valence-corrected chi connectivity index (χ3v) is 3.62. The number of hydrogen-bond acceptors (Lipinski definition) is 5. The highest BCUT2D eigenvalue weighted by atomic mass is 79.9. The highest BCUT2D eigenvalue weighted by Gasteiger charge is 2.04. The summed E-state index contributed by atoms with van der Waals surface area (Å²) in [6.07, 6.45) is 0.903. The summed E-state index contributed by atoms with van der Waals surface area (Å²) in [5, 5.41) is 6.53. The lowest BCUT2D eigenvalue weighted by molar-refractivity contribution is 0.152. The molecule has 0 bridgehead atoms. The zero-order valence-electron chi connectivity index (χ0n) is 10.7. The predicted molar refractivity (Wildman–Crippen MR) is 83.0 cm³/mol. The van der Waals surface area contributed by atoms with Crippen LogP contribution in [0.4, 0.5) is 4.79 Å². The van der Waals surface area contributed by atoms with Gasteiger partial charge < -0.3 is 4.74 Å². The number of nitrogens with one attached hydrogen (secondary N) is 1. The zero-order valence-corrected chi connectivity index (χ0v) is 13.1. The smallest absolute Gasteiger partial charge is 0.427 e. The highest BCUT2D eigenvalue weighted by molar-refractivity contribution is 9.10. The standard InChI is InChI=1S/C13H12BrN3O2S/c1-2-19-13(18)17-15-7-11-8-20-12(16-11)9-4-3-5-10(14)6-9/h3-8H,2H2,1H3,(H,17,18)/b15-7-. The third-order valence-electron chi connectivity index (χ3n) is 2.22. The van der Waals surface area contributed by atoms with Crippen LogP contribution < -0.4 is 5.43 Å². The maximum absolute atomic E-state index is 11.0. The fraction of sp³-hybridized carbons (Fsp3) is 0.154. The SMILES string of the molecule is CCOC(=O)N/N=C\c1csc(-c2cccc(Br)c2)n1. The molecule has 0 unspecified atom stereocenters. The predicted octanol–water partition coefficient (Wildman–Crippen LogP) is 3.65. The number of halogens is 1. The molecule has 1 N–H and O–H groups in total. The van der Waals surface area contributed by atoms with Crippen LogP contribution in [0.15, 0.2) is 39.2 Å². The monoisotopic (exact) mass is 353 g/mol. The van der Waals surface area contributed by atoms with E-state index in [1.54, 1.807) is 6.92 Å². The Morgan fingerprint density at radius 2 is 2.45 bits per heavy atom. The molecule has 104 valence electrons. The quantitative estimate of drug-likeness (QED) is 0.673. The van der Waals surface area contributed by atoms with Gasteiger partial charge in [-0.2, -0.15) is 5.10 Å². The minimum atomic E-state index is -0.578. The van der Waals surface area contributed by atoms with Crippen LogP contribution in [-0.2, 0) is 4.74 Å². The summed E-state index contributed by atoms with van der Waals surface area (Å²) in [4.78, 5) is 15.4. The van der Waals surface area contributed by atoms with Gasteiger partial charge in [-0.25, -0.2) is 15.2 Å². The molecule has 0 aliphatic carbocycles. The summed E-state index contributed by atoms with van der Waals surface area (Å²) in [7, 11) is 0. The van der Waals surface area contributed by atoms with Gasteiger partial charge in [0.15, 0.2) is 0 Å². The fourth-order valence-electron chi connectivity index (χ4n) is 1.41. The molecule has 0 aliphatic heterocycles. The Morgan fingerprint density at radius 3 is 3.20 bits per heavy atom. The number of benzene rings is 1. The van der Waals surface area contributed by atoms with E-state index in [0.29, 0.717) is 12.3 Å². The molecule has 1 amide bonds. The number of rotatable bonds is 4. The molecule has 2 rings (SSSR count). The molecular formula is C13H12BrN3O2S. The van der Waals surface area contributed by atoms with Crippen molar-refractivity contribution in [2.75, 3.05) is 6.61 Å². The summed E-state index contributed by atoms with van der Waals surface area (Å²) in [5.74, 6) is 0. The molecule has 0 spiro atoms. The molecule has 0 fully saturated rings. The first-order chi connectivity index (χ1) is 9.69. The van der Waals surface area contributed by atoms with Crippen LogP contribution in [0, 0.1) is 0 Å². The van der Waals surface area contributed by atoms with Crippen molar-refractivity contribution in [1.29, 1.82) is 0 Å². The molecule has 7 heteroatoms. The Balaban J connectivity index is 2.02. The summed E-state index contributed by atoms with van der Waals surface area (Å²) >= 11 is 4.94. The Morgan fingerprint density at radius 1 is 1.60 bits per heavy atom. The van der Waals surface area contributed by atoms with Crippen molar-refractivity contribution in [3.63, 3.8) is 0 Å². The maximum Gasteiger partial charge on any atom is 0.427 e. The fourth-order valence-corrected chi connectivity index (χ4v) is 2.58. The van der Waals surface area contributed by atoms with Crippen LogP contribution >= 0.6 is 27.3 Å². The Kier molecular flexibility index (Phi) is 5.25. The maximum atomic E-state index is 11.0. The molecule has 5 nitrogen and oxygen atoms in total. The van der Waals surface area contributed by atoms with Gasteiger partial charge in [-0.05, 0) is 19.1 Å². The van der Waals surface area contributed by atoms with E-state index in [4.69, 9.17) is 0 Å². The first-order valence-corrected chi connectivity index (χ1v) is 7.53. The van der Waals surface area contributed by atoms with E-state index in [1.807, 2.05) is 29.6 Å². The van der Waals surface area contributed by atoms with E-state index in [-0.39, 0.29) is 0 Å². The van der Waals surface area contributed by atoms with Gasteiger partial charge in [-0.15, -0.1) is 11.3 Å². The number of hydrazone groups is 1. The van der Waals surface area contributed by atoms with Crippen LogP contribution in [0.2, 0.25) is 0 Å². The molecule has 20 heavy (non-hydrogen) atoms. The molecular weight excluding hydrogens is 342 g/mol. The topological polar surface area (TPSA) is 63.6 Å². The minimum absolute atomic E-state index is 0.311. The number of hydrogen-bond donors (Lipinski definition) is 1. The van der Waals surface area contributed by atoms with Crippen molar-refractivity contribution in [3.8, 4) is 10.6 Å². The van der Waals surface area contributed by atoms with Gasteiger partial charge in [0, 0.05) is 15.4 Å². The summed E-state index contributed by atoms with van der Waals surface area (Å²) in [6.45, 7) is 2.04. The molecule has 0 atom stereocenters. The van der Waals surface area contributed by atoms with E-state index < -0.39 is 6.09 Å². The molecule has 2 aromatic rings. The first kappa shape index (κ1) is 14.7. The average molecular weight is 354 g/mol. The molecule has 0 saturated carbocycles. The van der Waals surface area contributed by atoms with Gasteiger partial charge in [0.05, 0.1) is 18.5 Å². The van der Waals surface area contributed by atoms with E-state index in [9.17, 15) is 4.79 Å². The van der Waals surface area contributed by atoms with Crippen molar-refractivity contribution in [2.24, 2.45) is 5.10 Å². The second-order valence-corrected chi connectivity index (χ2v) is 5.45. The lowest BCUT2D eigenvalue weighted by Crippen LogP contribution is -2.18. The van der Waals surface area contributed by atoms with Crippen molar-refractivity contribution in [2.45, 2.75) is 6.92 Å². The second-order valence-electron chi connectivity index (χ2n) is 3.68. The van der Waals surface area contributed by atoms with Crippen molar-refractivity contribution < 1.29 is 9.53 Å².